The van der Waals surface area contributed by atoms with Gasteiger partial charge in [-0.3, -0.25) is 4.98 Å². The first-order valence-electron chi connectivity index (χ1n) is 6.09. The highest BCUT2D eigenvalue weighted by atomic mass is 16.5. The van der Waals surface area contributed by atoms with Crippen molar-refractivity contribution >= 4 is 16.7 Å². The third kappa shape index (κ3) is 2.24. The second kappa shape index (κ2) is 5.10. The van der Waals surface area contributed by atoms with Crippen molar-refractivity contribution in [3.63, 3.8) is 0 Å². The Bertz CT molecular complexity index is 759. The fraction of sp³-hybridized carbons (Fsp3) is 0.0714. The zero-order valence-corrected chi connectivity index (χ0v) is 10.9. The maximum absolute atomic E-state index is 5.77. The maximum Gasteiger partial charge on any atom is 0.227 e. The highest BCUT2D eigenvalue weighted by Crippen LogP contribution is 2.27. The van der Waals surface area contributed by atoms with Gasteiger partial charge in [-0.1, -0.05) is 6.07 Å². The standard InChI is InChI=1S/C14H13N5O/c1-9-13(19-15)17-8-18-14(9)20-11-5-4-10-3-2-6-16-12(10)7-11/h2-8H,15H2,1H3,(H,17,18,19). The largest absolute Gasteiger partial charge is 0.438 e. The number of hydrazine groups is 1. The summed E-state index contributed by atoms with van der Waals surface area (Å²) in [5.74, 6) is 7.05. The second-order valence-electron chi connectivity index (χ2n) is 4.26. The molecular formula is C14H13N5O. The van der Waals surface area contributed by atoms with E-state index in [1.807, 2.05) is 37.3 Å². The van der Waals surface area contributed by atoms with E-state index in [2.05, 4.69) is 20.4 Å². The minimum atomic E-state index is 0.461. The summed E-state index contributed by atoms with van der Waals surface area (Å²) in [5.41, 5.74) is 4.12. The summed E-state index contributed by atoms with van der Waals surface area (Å²) >= 11 is 0. The lowest BCUT2D eigenvalue weighted by Crippen LogP contribution is -2.11. The van der Waals surface area contributed by atoms with Gasteiger partial charge in [-0.15, -0.1) is 0 Å². The number of rotatable bonds is 3. The molecule has 2 heterocycles. The van der Waals surface area contributed by atoms with E-state index in [1.54, 1.807) is 6.20 Å². The predicted molar refractivity (Wildman–Crippen MR) is 76.4 cm³/mol. The molecule has 0 saturated heterocycles. The Kier molecular flexibility index (Phi) is 3.14. The summed E-state index contributed by atoms with van der Waals surface area (Å²) in [6.45, 7) is 1.84. The third-order valence-electron chi connectivity index (χ3n) is 2.97. The van der Waals surface area contributed by atoms with Crippen LogP contribution < -0.4 is 16.0 Å². The molecule has 0 amide bonds. The average molecular weight is 267 g/mol. The van der Waals surface area contributed by atoms with Crippen LogP contribution in [0.15, 0.2) is 42.9 Å². The smallest absolute Gasteiger partial charge is 0.227 e. The van der Waals surface area contributed by atoms with E-state index in [0.717, 1.165) is 16.5 Å². The fourth-order valence-electron chi connectivity index (χ4n) is 1.90. The van der Waals surface area contributed by atoms with Crippen molar-refractivity contribution < 1.29 is 4.74 Å². The molecule has 0 unspecified atom stereocenters. The van der Waals surface area contributed by atoms with Crippen molar-refractivity contribution in [2.75, 3.05) is 5.43 Å². The molecule has 6 nitrogen and oxygen atoms in total. The number of nitrogens with zero attached hydrogens (tertiary/aromatic N) is 3. The monoisotopic (exact) mass is 267 g/mol. The molecule has 3 N–H and O–H groups in total. The first-order chi connectivity index (χ1) is 9.78. The molecule has 0 atom stereocenters. The van der Waals surface area contributed by atoms with Crippen LogP contribution >= 0.6 is 0 Å². The van der Waals surface area contributed by atoms with E-state index in [4.69, 9.17) is 10.6 Å². The Morgan fingerprint density at radius 1 is 1.15 bits per heavy atom. The SMILES string of the molecule is Cc1c(NN)ncnc1Oc1ccc2cccnc2c1. The van der Waals surface area contributed by atoms with E-state index < -0.39 is 0 Å². The number of benzene rings is 1. The summed E-state index contributed by atoms with van der Waals surface area (Å²) in [5, 5.41) is 1.06. The van der Waals surface area contributed by atoms with Crippen molar-refractivity contribution in [2.45, 2.75) is 6.92 Å². The molecule has 1 aromatic carbocycles. The Morgan fingerprint density at radius 2 is 2.05 bits per heavy atom. The molecular weight excluding hydrogens is 254 g/mol. The first-order valence-corrected chi connectivity index (χ1v) is 6.09. The van der Waals surface area contributed by atoms with E-state index >= 15 is 0 Å². The molecule has 100 valence electrons. The number of ether oxygens (including phenoxy) is 1. The van der Waals surface area contributed by atoms with Crippen LogP contribution in [-0.4, -0.2) is 15.0 Å². The zero-order valence-electron chi connectivity index (χ0n) is 10.9. The van der Waals surface area contributed by atoms with E-state index in [9.17, 15) is 0 Å². The molecule has 0 bridgehead atoms. The molecule has 0 spiro atoms. The van der Waals surface area contributed by atoms with Crippen LogP contribution in [-0.2, 0) is 0 Å². The van der Waals surface area contributed by atoms with Crippen molar-refractivity contribution in [3.05, 3.63) is 48.4 Å². The van der Waals surface area contributed by atoms with Gasteiger partial charge in [0.25, 0.3) is 0 Å². The van der Waals surface area contributed by atoms with E-state index in [1.165, 1.54) is 6.33 Å². The second-order valence-corrected chi connectivity index (χ2v) is 4.26. The molecule has 2 aromatic heterocycles. The quantitative estimate of drug-likeness (QED) is 0.560. The number of hydrogen-bond donors (Lipinski definition) is 2. The third-order valence-corrected chi connectivity index (χ3v) is 2.97. The van der Waals surface area contributed by atoms with Crippen LogP contribution in [0.4, 0.5) is 5.82 Å². The van der Waals surface area contributed by atoms with E-state index in [-0.39, 0.29) is 0 Å². The number of fused-ring (bicyclic) bond motifs is 1. The Labute approximate surface area is 115 Å². The Morgan fingerprint density at radius 3 is 2.90 bits per heavy atom. The van der Waals surface area contributed by atoms with E-state index in [0.29, 0.717) is 17.4 Å². The lowest BCUT2D eigenvalue weighted by molar-refractivity contribution is 0.458. The average Bonchev–Trinajstić information content (AvgIpc) is 2.49. The minimum Gasteiger partial charge on any atom is -0.438 e. The van der Waals surface area contributed by atoms with Gasteiger partial charge in [0.2, 0.25) is 5.88 Å². The molecule has 3 aromatic rings. The molecule has 0 fully saturated rings. The molecule has 0 aliphatic carbocycles. The normalized spacial score (nSPS) is 10.5. The molecule has 3 rings (SSSR count). The van der Waals surface area contributed by atoms with Crippen molar-refractivity contribution in [1.29, 1.82) is 0 Å². The van der Waals surface area contributed by atoms with Crippen molar-refractivity contribution in [1.82, 2.24) is 15.0 Å². The number of anilines is 1. The van der Waals surface area contributed by atoms with Crippen LogP contribution in [0, 0.1) is 6.92 Å². The van der Waals surface area contributed by atoms with Gasteiger partial charge >= 0.3 is 0 Å². The predicted octanol–water partition coefficient (Wildman–Crippen LogP) is 2.41. The van der Waals surface area contributed by atoms with Gasteiger partial charge in [-0.2, -0.15) is 0 Å². The Hall–Kier alpha value is -2.73. The van der Waals surface area contributed by atoms with Crippen LogP contribution in [0.3, 0.4) is 0 Å². The molecule has 0 saturated carbocycles. The molecule has 6 heteroatoms. The van der Waals surface area contributed by atoms with Gasteiger partial charge in [0.05, 0.1) is 11.1 Å². The van der Waals surface area contributed by atoms with Crippen LogP contribution in [0.5, 0.6) is 11.6 Å². The first kappa shape index (κ1) is 12.3. The number of nitrogens with two attached hydrogens (primary N) is 1. The molecule has 0 radical (unpaired) electrons. The van der Waals surface area contributed by atoms with Gasteiger partial charge < -0.3 is 10.2 Å². The van der Waals surface area contributed by atoms with Gasteiger partial charge in [0.1, 0.15) is 17.9 Å². The summed E-state index contributed by atoms with van der Waals surface area (Å²) < 4.78 is 5.77. The Balaban J connectivity index is 1.97. The van der Waals surface area contributed by atoms with Crippen LogP contribution in [0.2, 0.25) is 0 Å². The van der Waals surface area contributed by atoms with Gasteiger partial charge in [-0.05, 0) is 25.1 Å². The van der Waals surface area contributed by atoms with Crippen LogP contribution in [0.1, 0.15) is 5.56 Å². The number of nitrogens with one attached hydrogen (secondary N) is 1. The highest BCUT2D eigenvalue weighted by Gasteiger charge is 2.08. The number of hydrogen-bond acceptors (Lipinski definition) is 6. The number of pyridine rings is 1. The molecule has 20 heavy (non-hydrogen) atoms. The highest BCUT2D eigenvalue weighted by molar-refractivity contribution is 5.79. The van der Waals surface area contributed by atoms with Gasteiger partial charge in [0.15, 0.2) is 0 Å². The fourth-order valence-corrected chi connectivity index (χ4v) is 1.90. The minimum absolute atomic E-state index is 0.461. The van der Waals surface area contributed by atoms with Crippen LogP contribution in [0.25, 0.3) is 10.9 Å². The van der Waals surface area contributed by atoms with Gasteiger partial charge in [0, 0.05) is 17.6 Å². The maximum atomic E-state index is 5.77. The number of nitrogen functional groups attached to an aromatic ring is 1. The topological polar surface area (TPSA) is 86.0 Å². The molecule has 0 aliphatic rings. The van der Waals surface area contributed by atoms with Crippen molar-refractivity contribution in [2.24, 2.45) is 5.84 Å². The summed E-state index contributed by atoms with van der Waals surface area (Å²) in [6.07, 6.45) is 3.15. The number of aromatic nitrogens is 3. The summed E-state index contributed by atoms with van der Waals surface area (Å²) in [4.78, 5) is 12.4. The van der Waals surface area contributed by atoms with Crippen molar-refractivity contribution in [3.8, 4) is 11.6 Å². The van der Waals surface area contributed by atoms with Gasteiger partial charge in [-0.25, -0.2) is 15.8 Å². The molecule has 0 aliphatic heterocycles. The lowest BCUT2D eigenvalue weighted by Gasteiger charge is -2.10. The summed E-state index contributed by atoms with van der Waals surface area (Å²) in [6, 6.07) is 9.60. The summed E-state index contributed by atoms with van der Waals surface area (Å²) in [7, 11) is 0. The zero-order chi connectivity index (χ0) is 13.9. The lowest BCUT2D eigenvalue weighted by atomic mass is 10.2.